The lowest BCUT2D eigenvalue weighted by Crippen LogP contribution is -2.32. The number of oxazole rings is 2. The number of carbonyl (C=O) groups is 6. The minimum absolute atomic E-state index is 0.170. The van der Waals surface area contributed by atoms with Gasteiger partial charge >= 0.3 is 23.9 Å². The summed E-state index contributed by atoms with van der Waals surface area (Å²) in [6.07, 6.45) is 6.44. The lowest BCUT2D eigenvalue weighted by Gasteiger charge is -2.19. The summed E-state index contributed by atoms with van der Waals surface area (Å²) < 4.78 is 28.8. The van der Waals surface area contributed by atoms with Gasteiger partial charge in [0.15, 0.2) is 5.78 Å². The van der Waals surface area contributed by atoms with Crippen LogP contribution in [0, 0.1) is 30.6 Å². The Hall–Kier alpha value is -9.88. The molecule has 3 heterocycles. The molecule has 19 heteroatoms. The molecule has 1 aliphatic heterocycles. The maximum atomic E-state index is 13.1. The number of para-hydroxylation sites is 1. The zero-order chi connectivity index (χ0) is 65.3. The molecule has 19 nitrogen and oxygen atoms in total. The van der Waals surface area contributed by atoms with Crippen LogP contribution in [0.4, 0.5) is 5.69 Å². The summed E-state index contributed by atoms with van der Waals surface area (Å²) in [5.41, 5.74) is 7.47. The number of carboxylic acid groups (broad SMARTS) is 3. The van der Waals surface area contributed by atoms with Crippen molar-refractivity contribution in [2.45, 2.75) is 112 Å². The average Bonchev–Trinajstić information content (AvgIpc) is 2.32. The molecule has 9 rings (SSSR count). The first-order chi connectivity index (χ1) is 43.7. The fraction of sp³-hybridized carbons (Fsp3) is 0.333. The Labute approximate surface area is 530 Å². The Morgan fingerprint density at radius 3 is 1.47 bits per heavy atom. The Bertz CT molecular complexity index is 3590. The van der Waals surface area contributed by atoms with Crippen molar-refractivity contribution in [2.24, 2.45) is 16.7 Å². The van der Waals surface area contributed by atoms with Gasteiger partial charge in [0.1, 0.15) is 35.0 Å². The number of unbranched alkanes of at least 4 members (excludes halogenated alkanes) is 2. The fourth-order valence-corrected chi connectivity index (χ4v) is 9.50. The normalized spacial score (nSPS) is 13.1. The molecule has 0 saturated carbocycles. The van der Waals surface area contributed by atoms with Crippen LogP contribution in [0.5, 0.6) is 11.5 Å². The van der Waals surface area contributed by atoms with Gasteiger partial charge in [0.2, 0.25) is 11.8 Å². The van der Waals surface area contributed by atoms with Gasteiger partial charge < -0.3 is 48.5 Å². The fourth-order valence-electron chi connectivity index (χ4n) is 9.50. The average molecular weight is 1240 g/mol. The first-order valence-corrected chi connectivity index (χ1v) is 30.4. The highest BCUT2D eigenvalue weighted by atomic mass is 16.7. The van der Waals surface area contributed by atoms with Crippen molar-refractivity contribution >= 4 is 41.3 Å². The molecular weight excluding hydrogens is 1160 g/mol. The third-order valence-corrected chi connectivity index (χ3v) is 15.3. The minimum atomic E-state index is -1.01. The van der Waals surface area contributed by atoms with Gasteiger partial charge in [0, 0.05) is 60.4 Å². The van der Waals surface area contributed by atoms with Crippen LogP contribution in [0.1, 0.15) is 116 Å². The number of aryl methyl sites for hydroxylation is 2. The first-order valence-electron chi connectivity index (χ1n) is 30.4. The Balaban J connectivity index is 0.000000206. The summed E-state index contributed by atoms with van der Waals surface area (Å²) in [6.45, 7) is 12.9. The SMILES string of the molecule is CC(C)(CCCCOCCCCC(C)(C)C(=O)O)C(=O)O.Cc1oc(-c2ccccc2)nc1CCOc1ccc(CC2C(=O)NOC2=O)cc1.Cc1oc(-c2ccccc2)nc1CCOc1ccc(C[C@H](Nc2ccccc2C(=O)c2ccccc2)C(=O)O)cc1. The van der Waals surface area contributed by atoms with Crippen LogP contribution in [0.15, 0.2) is 173 Å². The molecular formula is C72H80N4O15. The van der Waals surface area contributed by atoms with Crippen molar-refractivity contribution in [3.8, 4) is 34.4 Å². The molecule has 1 unspecified atom stereocenters. The number of nitrogens with one attached hydrogen (secondary N) is 2. The zero-order valence-corrected chi connectivity index (χ0v) is 52.3. The minimum Gasteiger partial charge on any atom is -0.493 e. The number of aliphatic carboxylic acids is 3. The largest absolute Gasteiger partial charge is 0.493 e. The van der Waals surface area contributed by atoms with E-state index in [0.29, 0.717) is 98.6 Å². The van der Waals surface area contributed by atoms with Gasteiger partial charge in [-0.15, -0.1) is 0 Å². The van der Waals surface area contributed by atoms with E-state index in [4.69, 9.17) is 33.3 Å². The van der Waals surface area contributed by atoms with Gasteiger partial charge in [-0.2, -0.15) is 5.48 Å². The molecule has 0 spiro atoms. The predicted molar refractivity (Wildman–Crippen MR) is 342 cm³/mol. The number of hydrogen-bond acceptors (Lipinski definition) is 15. The number of benzene rings is 6. The van der Waals surface area contributed by atoms with Gasteiger partial charge in [-0.25, -0.2) is 19.6 Å². The molecule has 8 aromatic rings. The van der Waals surface area contributed by atoms with E-state index in [2.05, 4.69) is 25.6 Å². The van der Waals surface area contributed by atoms with E-state index in [-0.39, 0.29) is 12.2 Å². The van der Waals surface area contributed by atoms with Gasteiger partial charge in [-0.3, -0.25) is 19.2 Å². The molecule has 1 fully saturated rings. The van der Waals surface area contributed by atoms with E-state index in [1.807, 2.05) is 129 Å². The van der Waals surface area contributed by atoms with Crippen molar-refractivity contribution < 1.29 is 72.0 Å². The second kappa shape index (κ2) is 33.6. The van der Waals surface area contributed by atoms with E-state index in [1.165, 1.54) is 0 Å². The molecule has 0 aliphatic carbocycles. The number of carbonyl (C=O) groups excluding carboxylic acids is 3. The van der Waals surface area contributed by atoms with Gasteiger partial charge in [-0.1, -0.05) is 116 Å². The highest BCUT2D eigenvalue weighted by molar-refractivity contribution is 6.12. The number of amides is 1. The van der Waals surface area contributed by atoms with Crippen LogP contribution in [0.25, 0.3) is 22.9 Å². The van der Waals surface area contributed by atoms with E-state index in [1.54, 1.807) is 76.2 Å². The summed E-state index contributed by atoms with van der Waals surface area (Å²) in [5, 5.41) is 30.9. The number of rotatable bonds is 31. The van der Waals surface area contributed by atoms with Crippen molar-refractivity contribution in [2.75, 3.05) is 31.7 Å². The molecule has 0 radical (unpaired) electrons. The summed E-state index contributed by atoms with van der Waals surface area (Å²) in [6, 6.07) is 49.2. The lowest BCUT2D eigenvalue weighted by atomic mass is 9.87. The molecule has 1 aliphatic rings. The highest BCUT2D eigenvalue weighted by Crippen LogP contribution is 2.28. The molecule has 6 aromatic carbocycles. The number of ketones is 1. The second-order valence-electron chi connectivity index (χ2n) is 23.3. The number of hydroxylamine groups is 1. The number of hydrogen-bond donors (Lipinski definition) is 5. The van der Waals surface area contributed by atoms with Crippen LogP contribution in [0.2, 0.25) is 0 Å². The third-order valence-electron chi connectivity index (χ3n) is 15.3. The Morgan fingerprint density at radius 2 is 1.02 bits per heavy atom. The smallest absolute Gasteiger partial charge is 0.345 e. The predicted octanol–water partition coefficient (Wildman–Crippen LogP) is 13.2. The molecule has 5 N–H and O–H groups in total. The molecule has 2 atom stereocenters. The van der Waals surface area contributed by atoms with Gasteiger partial charge in [0.05, 0.1) is 35.4 Å². The molecule has 91 heavy (non-hydrogen) atoms. The maximum absolute atomic E-state index is 13.1. The monoisotopic (exact) mass is 1240 g/mol. The van der Waals surface area contributed by atoms with Gasteiger partial charge in [-0.05, 0) is 145 Å². The van der Waals surface area contributed by atoms with E-state index in [0.717, 1.165) is 70.8 Å². The molecule has 478 valence electrons. The molecule has 1 amide bonds. The Morgan fingerprint density at radius 1 is 0.571 bits per heavy atom. The highest BCUT2D eigenvalue weighted by Gasteiger charge is 2.36. The van der Waals surface area contributed by atoms with E-state index >= 15 is 0 Å². The maximum Gasteiger partial charge on any atom is 0.345 e. The second-order valence-corrected chi connectivity index (χ2v) is 23.3. The molecule has 0 bridgehead atoms. The Kier molecular flexibility index (Phi) is 25.4. The van der Waals surface area contributed by atoms with Crippen LogP contribution >= 0.6 is 0 Å². The van der Waals surface area contributed by atoms with Crippen LogP contribution in [-0.2, 0) is 59.2 Å². The number of anilines is 1. The number of carboxylic acids is 3. The number of aromatic nitrogens is 2. The standard InChI is InChI=1S/C34H30N2O5.C22H20N2O5.C16H30O5/c1-23-29(36-33(41-23)26-12-6-3-7-13-26)20-21-40-27-18-16-24(17-19-27)22-31(34(38)39)35-30-15-9-8-14-28(30)32(37)25-10-4-2-5-11-25;1-14-19(23-21(28-14)16-5-3-2-4-6-16)11-12-27-17-9-7-15(8-10-17)13-18-20(25)24-29-22(18)26;1-15(2,13(17)18)9-5-7-11-21-12-8-6-10-16(3,4)14(19)20/h2-19,31,35H,20-22H2,1H3,(H,38,39);2-10,18H,11-13H2,1H3,(H,24,25);5-12H2,1-4H3,(H,17,18)(H,19,20)/t31-;;/m0../s1. The van der Waals surface area contributed by atoms with E-state index < -0.39 is 52.6 Å². The van der Waals surface area contributed by atoms with Crippen molar-refractivity contribution in [1.82, 2.24) is 15.4 Å². The lowest BCUT2D eigenvalue weighted by molar-refractivity contribution is -0.148. The van der Waals surface area contributed by atoms with Crippen molar-refractivity contribution in [3.63, 3.8) is 0 Å². The van der Waals surface area contributed by atoms with Crippen LogP contribution in [-0.4, -0.2) is 93.3 Å². The summed E-state index contributed by atoms with van der Waals surface area (Å²) >= 11 is 0. The van der Waals surface area contributed by atoms with Crippen molar-refractivity contribution in [3.05, 3.63) is 209 Å². The first kappa shape index (κ1) is 68.6. The molecule has 2 aromatic heterocycles. The van der Waals surface area contributed by atoms with Crippen LogP contribution < -0.4 is 20.3 Å². The summed E-state index contributed by atoms with van der Waals surface area (Å²) in [7, 11) is 0. The topological polar surface area (TPSA) is 276 Å². The van der Waals surface area contributed by atoms with Crippen molar-refractivity contribution in [1.29, 1.82) is 0 Å². The van der Waals surface area contributed by atoms with E-state index in [9.17, 15) is 33.9 Å². The quantitative estimate of drug-likeness (QED) is 0.0153. The summed E-state index contributed by atoms with van der Waals surface area (Å²) in [5.74, 6) is -0.319. The third kappa shape index (κ3) is 21.1. The number of nitrogens with zero attached hydrogens (tertiary/aromatic N) is 2. The van der Waals surface area contributed by atoms with Crippen LogP contribution in [0.3, 0.4) is 0 Å². The zero-order valence-electron chi connectivity index (χ0n) is 52.3. The molecule has 1 saturated heterocycles. The summed E-state index contributed by atoms with van der Waals surface area (Å²) in [4.78, 5) is 83.8. The number of ether oxygens (including phenoxy) is 3. The van der Waals surface area contributed by atoms with Gasteiger partial charge in [0.25, 0.3) is 5.91 Å².